The number of halogens is 1. The Morgan fingerprint density at radius 3 is 2.76 bits per heavy atom. The van der Waals surface area contributed by atoms with E-state index in [4.69, 9.17) is 17.3 Å². The van der Waals surface area contributed by atoms with Crippen molar-refractivity contribution in [3.8, 4) is 10.6 Å². The summed E-state index contributed by atoms with van der Waals surface area (Å²) in [4.78, 5) is 1.03. The number of anilines is 1. The van der Waals surface area contributed by atoms with Gasteiger partial charge in [-0.3, -0.25) is 4.68 Å². The third-order valence-corrected chi connectivity index (χ3v) is 4.51. The van der Waals surface area contributed by atoms with Crippen LogP contribution in [0.1, 0.15) is 24.5 Å². The molecule has 2 aromatic heterocycles. The Kier molecular flexibility index (Phi) is 3.45. The highest BCUT2D eigenvalue weighted by Crippen LogP contribution is 2.39. The van der Waals surface area contributed by atoms with E-state index in [0.29, 0.717) is 0 Å². The molecule has 5 heteroatoms. The molecule has 2 rings (SSSR count). The van der Waals surface area contributed by atoms with Crippen molar-refractivity contribution in [3.05, 3.63) is 21.5 Å². The van der Waals surface area contributed by atoms with E-state index in [1.54, 1.807) is 16.0 Å². The molecule has 0 atom stereocenters. The number of nitrogen functional groups attached to an aromatic ring is 1. The average Bonchev–Trinajstić information content (AvgIpc) is 2.75. The Hall–Kier alpha value is -1.00. The first-order valence-corrected chi connectivity index (χ1v) is 6.87. The number of nitrogens with two attached hydrogens (primary N) is 1. The van der Waals surface area contributed by atoms with Crippen LogP contribution < -0.4 is 5.73 Å². The quantitative estimate of drug-likeness (QED) is 0.924. The van der Waals surface area contributed by atoms with E-state index >= 15 is 0 Å². The molecule has 0 aliphatic carbocycles. The van der Waals surface area contributed by atoms with E-state index in [2.05, 4.69) is 17.4 Å². The van der Waals surface area contributed by atoms with Crippen molar-refractivity contribution in [2.75, 3.05) is 5.73 Å². The van der Waals surface area contributed by atoms with Gasteiger partial charge in [-0.2, -0.15) is 5.10 Å². The molecule has 0 spiro atoms. The molecule has 2 heterocycles. The van der Waals surface area contributed by atoms with Gasteiger partial charge in [0.25, 0.3) is 0 Å². The topological polar surface area (TPSA) is 43.8 Å². The fourth-order valence-corrected chi connectivity index (χ4v) is 3.14. The van der Waals surface area contributed by atoms with Crippen LogP contribution in [0, 0.1) is 6.92 Å². The maximum atomic E-state index is 6.30. The minimum Gasteiger partial charge on any atom is -0.384 e. The molecular weight excluding hydrogens is 254 g/mol. The number of thiophene rings is 1. The fraction of sp³-hybridized carbons (Fsp3) is 0.417. The molecule has 2 N–H and O–H groups in total. The van der Waals surface area contributed by atoms with Crippen molar-refractivity contribution in [3.63, 3.8) is 0 Å². The molecule has 0 unspecified atom stereocenters. The Morgan fingerprint density at radius 2 is 2.24 bits per heavy atom. The van der Waals surface area contributed by atoms with Gasteiger partial charge in [0.2, 0.25) is 0 Å². The van der Waals surface area contributed by atoms with Gasteiger partial charge < -0.3 is 5.73 Å². The molecule has 92 valence electrons. The van der Waals surface area contributed by atoms with Crippen LogP contribution in [0.3, 0.4) is 0 Å². The number of aromatic nitrogens is 2. The standard InChI is InChI=1S/C12H16ClN3S/c1-4-5-8-10(15-16(3)12(8)14)11-9(13)7(2)6-17-11/h6H,4-5,14H2,1-3H3. The van der Waals surface area contributed by atoms with Crippen LogP contribution in [0.25, 0.3) is 10.6 Å². The zero-order chi connectivity index (χ0) is 12.6. The SMILES string of the molecule is CCCc1c(-c2scc(C)c2Cl)nn(C)c1N. The summed E-state index contributed by atoms with van der Waals surface area (Å²) in [6.07, 6.45) is 1.98. The minimum absolute atomic E-state index is 0.740. The molecule has 3 nitrogen and oxygen atoms in total. The van der Waals surface area contributed by atoms with E-state index in [1.165, 1.54) is 0 Å². The Bertz CT molecular complexity index is 542. The predicted octanol–water partition coefficient (Wildman–Crippen LogP) is 3.65. The van der Waals surface area contributed by atoms with Gasteiger partial charge in [0.1, 0.15) is 11.5 Å². The lowest BCUT2D eigenvalue weighted by atomic mass is 10.1. The average molecular weight is 270 g/mol. The van der Waals surface area contributed by atoms with Crippen LogP contribution in [-0.2, 0) is 13.5 Å². The van der Waals surface area contributed by atoms with Crippen LogP contribution in [0.5, 0.6) is 0 Å². The number of hydrogen-bond acceptors (Lipinski definition) is 3. The van der Waals surface area contributed by atoms with Crippen LogP contribution in [0.2, 0.25) is 5.02 Å². The molecule has 0 aliphatic heterocycles. The van der Waals surface area contributed by atoms with Crippen molar-refractivity contribution in [1.29, 1.82) is 0 Å². The Balaban J connectivity index is 2.59. The van der Waals surface area contributed by atoms with E-state index in [9.17, 15) is 0 Å². The third kappa shape index (κ3) is 2.07. The summed E-state index contributed by atoms with van der Waals surface area (Å²) in [6.45, 7) is 4.14. The van der Waals surface area contributed by atoms with Crippen molar-refractivity contribution >= 4 is 28.8 Å². The van der Waals surface area contributed by atoms with Gasteiger partial charge in [-0.15, -0.1) is 11.3 Å². The maximum Gasteiger partial charge on any atom is 0.125 e. The number of nitrogens with zero attached hydrogens (tertiary/aromatic N) is 2. The molecule has 0 fully saturated rings. The Labute approximate surface area is 110 Å². The second kappa shape index (κ2) is 4.70. The number of aryl methyl sites for hydroxylation is 2. The summed E-state index contributed by atoms with van der Waals surface area (Å²) in [5.41, 5.74) is 9.19. The molecular formula is C12H16ClN3S. The van der Waals surface area contributed by atoms with E-state index < -0.39 is 0 Å². The maximum absolute atomic E-state index is 6.30. The Morgan fingerprint density at radius 1 is 1.53 bits per heavy atom. The smallest absolute Gasteiger partial charge is 0.125 e. The molecule has 0 amide bonds. The van der Waals surface area contributed by atoms with Crippen LogP contribution in [0.15, 0.2) is 5.38 Å². The van der Waals surface area contributed by atoms with E-state index in [-0.39, 0.29) is 0 Å². The van der Waals surface area contributed by atoms with Crippen molar-refractivity contribution in [1.82, 2.24) is 9.78 Å². The largest absolute Gasteiger partial charge is 0.384 e. The highest BCUT2D eigenvalue weighted by molar-refractivity contribution is 7.14. The van der Waals surface area contributed by atoms with Crippen LogP contribution in [-0.4, -0.2) is 9.78 Å². The van der Waals surface area contributed by atoms with Gasteiger partial charge in [-0.05, 0) is 24.3 Å². The lowest BCUT2D eigenvalue weighted by Gasteiger charge is -2.00. The first-order valence-electron chi connectivity index (χ1n) is 5.61. The molecule has 17 heavy (non-hydrogen) atoms. The molecule has 0 aliphatic rings. The van der Waals surface area contributed by atoms with E-state index in [1.807, 2.05) is 14.0 Å². The van der Waals surface area contributed by atoms with E-state index in [0.717, 1.165) is 45.4 Å². The lowest BCUT2D eigenvalue weighted by molar-refractivity contribution is 0.781. The zero-order valence-corrected chi connectivity index (χ0v) is 11.8. The van der Waals surface area contributed by atoms with Crippen LogP contribution >= 0.6 is 22.9 Å². The molecule has 2 aromatic rings. The normalized spacial score (nSPS) is 11.1. The first kappa shape index (κ1) is 12.5. The minimum atomic E-state index is 0.740. The summed E-state index contributed by atoms with van der Waals surface area (Å²) in [6, 6.07) is 0. The molecule has 0 aromatic carbocycles. The molecule has 0 saturated carbocycles. The van der Waals surface area contributed by atoms with Gasteiger partial charge >= 0.3 is 0 Å². The van der Waals surface area contributed by atoms with Gasteiger partial charge in [0.05, 0.1) is 9.90 Å². The monoisotopic (exact) mass is 269 g/mol. The zero-order valence-electron chi connectivity index (χ0n) is 10.2. The second-order valence-electron chi connectivity index (χ2n) is 4.15. The highest BCUT2D eigenvalue weighted by atomic mass is 35.5. The van der Waals surface area contributed by atoms with Crippen LogP contribution in [0.4, 0.5) is 5.82 Å². The van der Waals surface area contributed by atoms with Gasteiger partial charge in [0, 0.05) is 12.6 Å². The summed E-state index contributed by atoms with van der Waals surface area (Å²) in [5.74, 6) is 0.740. The van der Waals surface area contributed by atoms with Gasteiger partial charge in [0.15, 0.2) is 0 Å². The predicted molar refractivity (Wildman–Crippen MR) is 74.7 cm³/mol. The fourth-order valence-electron chi connectivity index (χ4n) is 1.85. The lowest BCUT2D eigenvalue weighted by Crippen LogP contribution is -1.99. The first-order chi connectivity index (χ1) is 8.06. The van der Waals surface area contributed by atoms with Crippen molar-refractivity contribution in [2.24, 2.45) is 7.05 Å². The summed E-state index contributed by atoms with van der Waals surface area (Å²) in [5, 5.41) is 7.34. The summed E-state index contributed by atoms with van der Waals surface area (Å²) >= 11 is 7.93. The molecule has 0 radical (unpaired) electrons. The molecule has 0 saturated heterocycles. The summed E-state index contributed by atoms with van der Waals surface area (Å²) in [7, 11) is 1.87. The van der Waals surface area contributed by atoms with Gasteiger partial charge in [-0.1, -0.05) is 24.9 Å². The third-order valence-electron chi connectivity index (χ3n) is 2.81. The highest BCUT2D eigenvalue weighted by Gasteiger charge is 2.19. The second-order valence-corrected chi connectivity index (χ2v) is 5.41. The van der Waals surface area contributed by atoms with Crippen molar-refractivity contribution < 1.29 is 0 Å². The number of hydrogen-bond donors (Lipinski definition) is 1. The van der Waals surface area contributed by atoms with Gasteiger partial charge in [-0.25, -0.2) is 0 Å². The van der Waals surface area contributed by atoms with Crippen molar-refractivity contribution in [2.45, 2.75) is 26.7 Å². The summed E-state index contributed by atoms with van der Waals surface area (Å²) < 4.78 is 1.73. The number of rotatable bonds is 3. The molecule has 0 bridgehead atoms.